The number of carbonyl (C=O) groups excluding carboxylic acids is 1. The summed E-state index contributed by atoms with van der Waals surface area (Å²) in [5, 5.41) is 0. The number of nitrogens with zero attached hydrogens (tertiary/aromatic N) is 1. The fourth-order valence-corrected chi connectivity index (χ4v) is 4.36. The Morgan fingerprint density at radius 2 is 1.56 bits per heavy atom. The molecule has 2 N–H and O–H groups in total. The molecule has 0 aliphatic carbocycles. The fourth-order valence-electron chi connectivity index (χ4n) is 3.21. The summed E-state index contributed by atoms with van der Waals surface area (Å²) in [6, 6.07) is 13.7. The van der Waals surface area contributed by atoms with E-state index in [0.29, 0.717) is 17.4 Å². The van der Waals surface area contributed by atoms with Gasteiger partial charge < -0.3 is 5.43 Å². The van der Waals surface area contributed by atoms with Crippen molar-refractivity contribution < 1.29 is 13.2 Å². The smallest absolute Gasteiger partial charge is 0.269 e. The predicted octanol–water partition coefficient (Wildman–Crippen LogP) is 4.64. The van der Waals surface area contributed by atoms with Crippen LogP contribution < -0.4 is 10.9 Å². The van der Waals surface area contributed by atoms with Crippen LogP contribution in [0.15, 0.2) is 65.2 Å². The highest BCUT2D eigenvalue weighted by atomic mass is 32.2. The van der Waals surface area contributed by atoms with Gasteiger partial charge in [-0.25, -0.2) is 8.42 Å². The van der Waals surface area contributed by atoms with Crippen molar-refractivity contribution in [2.24, 2.45) is 11.8 Å². The summed E-state index contributed by atoms with van der Waals surface area (Å²) < 4.78 is 26.9. The second-order valence-corrected chi connectivity index (χ2v) is 10.9. The number of sulfonamides is 1. The van der Waals surface area contributed by atoms with Crippen LogP contribution in [0.3, 0.4) is 0 Å². The van der Waals surface area contributed by atoms with Gasteiger partial charge in [-0.2, -0.15) is 4.31 Å². The summed E-state index contributed by atoms with van der Waals surface area (Å²) >= 11 is 0. The van der Waals surface area contributed by atoms with E-state index in [4.69, 9.17) is 0 Å². The summed E-state index contributed by atoms with van der Waals surface area (Å²) in [4.78, 5) is 12.8. The molecule has 0 saturated heterocycles. The Kier molecular flexibility index (Phi) is 9.04. The van der Waals surface area contributed by atoms with Crippen molar-refractivity contribution in [2.45, 2.75) is 52.5 Å². The number of benzene rings is 2. The molecule has 2 rings (SSSR count). The van der Waals surface area contributed by atoms with E-state index in [1.165, 1.54) is 4.31 Å². The quantitative estimate of drug-likeness (QED) is 0.510. The lowest BCUT2D eigenvalue weighted by Crippen LogP contribution is -2.37. The average Bonchev–Trinajstić information content (AvgIpc) is 2.71. The molecule has 0 bridgehead atoms. The van der Waals surface area contributed by atoms with Gasteiger partial charge in [-0.1, -0.05) is 63.6 Å². The summed E-state index contributed by atoms with van der Waals surface area (Å²) in [5.74, 6) is 0.605. The molecule has 0 atom stereocenters. The second-order valence-electron chi connectivity index (χ2n) is 8.88. The number of carbonyl (C=O) groups is 1. The first-order valence-electron chi connectivity index (χ1n) is 10.9. The van der Waals surface area contributed by atoms with E-state index in [1.807, 2.05) is 6.92 Å². The first-order valence-corrected chi connectivity index (χ1v) is 12.3. The second kappa shape index (κ2) is 11.3. The first-order chi connectivity index (χ1) is 15.0. The zero-order valence-electron chi connectivity index (χ0n) is 19.8. The number of nitrogens with one attached hydrogen (secondary N) is 2. The van der Waals surface area contributed by atoms with Crippen molar-refractivity contribution in [1.29, 1.82) is 0 Å². The fraction of sp³-hybridized carbons (Fsp3) is 0.400. The minimum absolute atomic E-state index is 0.214. The molecule has 2 aromatic rings. The number of aryl methyl sites for hydroxylation is 1. The van der Waals surface area contributed by atoms with E-state index in [0.717, 1.165) is 23.2 Å². The van der Waals surface area contributed by atoms with Gasteiger partial charge in [0.2, 0.25) is 10.0 Å². The Hall–Kier alpha value is -2.64. The Morgan fingerprint density at radius 3 is 2.09 bits per heavy atom. The number of rotatable bonds is 10. The molecule has 32 heavy (non-hydrogen) atoms. The van der Waals surface area contributed by atoms with Crippen molar-refractivity contribution in [3.05, 3.63) is 77.0 Å². The number of hydrazine groups is 1. The number of allylic oxidation sites excluding steroid dienone is 2. The molecule has 0 saturated carbocycles. The summed E-state index contributed by atoms with van der Waals surface area (Å²) in [6.07, 6.45) is 2.95. The number of hydrogen-bond acceptors (Lipinski definition) is 4. The third-order valence-corrected chi connectivity index (χ3v) is 6.67. The van der Waals surface area contributed by atoms with E-state index < -0.39 is 10.0 Å². The van der Waals surface area contributed by atoms with E-state index in [2.05, 4.69) is 44.6 Å². The largest absolute Gasteiger partial charge is 0.303 e. The maximum absolute atomic E-state index is 12.8. The maximum atomic E-state index is 12.8. The maximum Gasteiger partial charge on any atom is 0.269 e. The molecular weight excluding hydrogens is 422 g/mol. The van der Waals surface area contributed by atoms with Gasteiger partial charge in [0.1, 0.15) is 0 Å². The van der Waals surface area contributed by atoms with Gasteiger partial charge in [-0.05, 0) is 55.0 Å². The van der Waals surface area contributed by atoms with Gasteiger partial charge in [0.25, 0.3) is 5.91 Å². The van der Waals surface area contributed by atoms with Crippen molar-refractivity contribution in [3.8, 4) is 0 Å². The van der Waals surface area contributed by atoms with Crippen LogP contribution in [0.1, 0.15) is 55.6 Å². The SMILES string of the molecule is Cc1ccc(S(=O)(=O)N(C)Cc2ccc(C(=O)NN/C(=C/C(C)C)CC(C)C)cc2)cc1. The van der Waals surface area contributed by atoms with Crippen LogP contribution >= 0.6 is 0 Å². The minimum atomic E-state index is -3.58. The van der Waals surface area contributed by atoms with Crippen LogP contribution in [-0.2, 0) is 16.6 Å². The van der Waals surface area contributed by atoms with Crippen LogP contribution in [0.2, 0.25) is 0 Å². The molecule has 0 spiro atoms. The van der Waals surface area contributed by atoms with Gasteiger partial charge in [-0.3, -0.25) is 10.2 Å². The molecule has 0 radical (unpaired) electrons. The molecule has 0 heterocycles. The molecule has 0 aliphatic rings. The zero-order chi connectivity index (χ0) is 23.9. The van der Waals surface area contributed by atoms with Crippen molar-refractivity contribution in [2.75, 3.05) is 7.05 Å². The van der Waals surface area contributed by atoms with Gasteiger partial charge in [0.15, 0.2) is 0 Å². The van der Waals surface area contributed by atoms with Crippen molar-refractivity contribution in [3.63, 3.8) is 0 Å². The Labute approximate surface area is 192 Å². The average molecular weight is 458 g/mol. The molecule has 7 heteroatoms. The molecule has 2 aromatic carbocycles. The van der Waals surface area contributed by atoms with E-state index in [1.54, 1.807) is 55.6 Å². The molecule has 0 aliphatic heterocycles. The monoisotopic (exact) mass is 457 g/mol. The van der Waals surface area contributed by atoms with E-state index in [9.17, 15) is 13.2 Å². The standard InChI is InChI=1S/C25H35N3O3S/c1-18(2)15-23(16-19(3)4)26-27-25(29)22-11-9-21(10-12-22)17-28(6)32(30,31)24-13-7-20(5)8-14-24/h7-15,18-19,26H,16-17H2,1-6H3,(H,27,29)/b23-15+. The molecule has 6 nitrogen and oxygen atoms in total. The van der Waals surface area contributed by atoms with Crippen LogP contribution in [0.4, 0.5) is 0 Å². The topological polar surface area (TPSA) is 78.5 Å². The lowest BCUT2D eigenvalue weighted by atomic mass is 10.1. The third-order valence-electron chi connectivity index (χ3n) is 4.85. The Balaban J connectivity index is 2.01. The molecule has 174 valence electrons. The van der Waals surface area contributed by atoms with Gasteiger partial charge >= 0.3 is 0 Å². The highest BCUT2D eigenvalue weighted by Gasteiger charge is 2.20. The van der Waals surface area contributed by atoms with E-state index >= 15 is 0 Å². The van der Waals surface area contributed by atoms with Crippen LogP contribution in [0, 0.1) is 18.8 Å². The normalized spacial score (nSPS) is 12.5. The van der Waals surface area contributed by atoms with Crippen molar-refractivity contribution >= 4 is 15.9 Å². The summed E-state index contributed by atoms with van der Waals surface area (Å²) in [7, 11) is -2.03. The number of hydrogen-bond donors (Lipinski definition) is 2. The van der Waals surface area contributed by atoms with Gasteiger partial charge in [0.05, 0.1) is 4.90 Å². The Bertz CT molecular complexity index is 1030. The zero-order valence-corrected chi connectivity index (χ0v) is 20.7. The van der Waals surface area contributed by atoms with Crippen LogP contribution in [0.5, 0.6) is 0 Å². The van der Waals surface area contributed by atoms with Crippen molar-refractivity contribution in [1.82, 2.24) is 15.2 Å². The predicted molar refractivity (Wildman–Crippen MR) is 129 cm³/mol. The summed E-state index contributed by atoms with van der Waals surface area (Å²) in [6.45, 7) is 10.6. The highest BCUT2D eigenvalue weighted by molar-refractivity contribution is 7.89. The Morgan fingerprint density at radius 1 is 0.969 bits per heavy atom. The van der Waals surface area contributed by atoms with Crippen LogP contribution in [0.25, 0.3) is 0 Å². The molecule has 0 unspecified atom stereocenters. The highest BCUT2D eigenvalue weighted by Crippen LogP contribution is 2.18. The van der Waals surface area contributed by atoms with Gasteiger partial charge in [-0.15, -0.1) is 0 Å². The van der Waals surface area contributed by atoms with Gasteiger partial charge in [0, 0.05) is 24.9 Å². The molecular formula is C25H35N3O3S. The van der Waals surface area contributed by atoms with Crippen LogP contribution in [-0.4, -0.2) is 25.7 Å². The molecule has 0 aromatic heterocycles. The lowest BCUT2D eigenvalue weighted by molar-refractivity contribution is 0.0937. The number of amides is 1. The molecule has 1 amide bonds. The minimum Gasteiger partial charge on any atom is -0.303 e. The molecule has 0 fully saturated rings. The summed E-state index contributed by atoms with van der Waals surface area (Å²) in [5.41, 5.74) is 9.09. The van der Waals surface area contributed by atoms with E-state index in [-0.39, 0.29) is 17.3 Å². The first kappa shape index (κ1) is 25.6. The third kappa shape index (κ3) is 7.50. The lowest BCUT2D eigenvalue weighted by Gasteiger charge is -2.18.